The minimum absolute atomic E-state index is 0.216. The summed E-state index contributed by atoms with van der Waals surface area (Å²) in [6, 6.07) is 0. The maximum Gasteiger partial charge on any atom is 0.221 e. The van der Waals surface area contributed by atoms with Crippen molar-refractivity contribution in [3.63, 3.8) is 0 Å². The molecule has 0 aromatic rings. The monoisotopic (exact) mass is 205 g/mol. The third-order valence-electron chi connectivity index (χ3n) is 2.12. The van der Waals surface area contributed by atoms with Gasteiger partial charge in [-0.1, -0.05) is 20.3 Å². The van der Waals surface area contributed by atoms with Crippen LogP contribution in [0.3, 0.4) is 0 Å². The van der Waals surface area contributed by atoms with Gasteiger partial charge in [0, 0.05) is 6.42 Å². The molecule has 2 nitrogen and oxygen atoms in total. The maximum atomic E-state index is 10.5. The number of unbranched alkanes of at least 4 members (excludes halogenated alkanes) is 1. The molecule has 0 unspecified atom stereocenters. The number of carbonyl (C=O) groups excluding carboxylic acids is 1. The molecule has 0 rings (SSSR count). The lowest BCUT2D eigenvalue weighted by Crippen LogP contribution is -2.25. The van der Waals surface area contributed by atoms with E-state index >= 15 is 0 Å². The van der Waals surface area contributed by atoms with E-state index < -0.39 is 0 Å². The first-order valence-corrected chi connectivity index (χ1v) is 5.49. The third kappa shape index (κ3) is 8.26. The molecule has 0 aliphatic rings. The summed E-state index contributed by atoms with van der Waals surface area (Å²) in [5, 5.41) is -0.216. The van der Waals surface area contributed by atoms with Gasteiger partial charge in [0.05, 0.1) is 0 Å². The first-order valence-electron chi connectivity index (χ1n) is 5.11. The molecule has 0 spiro atoms. The fourth-order valence-corrected chi connectivity index (χ4v) is 1.39. The summed E-state index contributed by atoms with van der Waals surface area (Å²) in [5.74, 6) is 0. The molecule has 78 valence electrons. The molecule has 0 radical (unpaired) electrons. The van der Waals surface area contributed by atoms with Gasteiger partial charge in [0.25, 0.3) is 0 Å². The minimum atomic E-state index is -0.216. The van der Waals surface area contributed by atoms with E-state index in [9.17, 15) is 4.79 Å². The summed E-state index contributed by atoms with van der Waals surface area (Å²) in [7, 11) is 0. The Hall–Kier alpha value is -0.0800. The summed E-state index contributed by atoms with van der Waals surface area (Å²) in [5.41, 5.74) is 0. The molecule has 0 saturated heterocycles. The van der Waals surface area contributed by atoms with Crippen molar-refractivity contribution in [1.82, 2.24) is 4.90 Å². The lowest BCUT2D eigenvalue weighted by atomic mass is 10.2. The SMILES string of the molecule is CCCCN(CC)CCCC(=O)Cl. The van der Waals surface area contributed by atoms with E-state index in [2.05, 4.69) is 18.7 Å². The lowest BCUT2D eigenvalue weighted by Gasteiger charge is -2.19. The van der Waals surface area contributed by atoms with E-state index in [0.29, 0.717) is 6.42 Å². The average molecular weight is 206 g/mol. The number of halogens is 1. The Bertz CT molecular complexity index is 139. The van der Waals surface area contributed by atoms with Crippen LogP contribution in [0, 0.1) is 0 Å². The van der Waals surface area contributed by atoms with Crippen molar-refractivity contribution in [2.75, 3.05) is 19.6 Å². The maximum absolute atomic E-state index is 10.5. The van der Waals surface area contributed by atoms with Crippen molar-refractivity contribution in [2.24, 2.45) is 0 Å². The van der Waals surface area contributed by atoms with Crippen LogP contribution in [0.2, 0.25) is 0 Å². The second kappa shape index (κ2) is 8.52. The third-order valence-corrected chi connectivity index (χ3v) is 2.31. The van der Waals surface area contributed by atoms with Crippen molar-refractivity contribution in [3.05, 3.63) is 0 Å². The number of carbonyl (C=O) groups is 1. The fraction of sp³-hybridized carbons (Fsp3) is 0.900. The Morgan fingerprint density at radius 1 is 1.23 bits per heavy atom. The molecule has 0 bridgehead atoms. The topological polar surface area (TPSA) is 20.3 Å². The van der Waals surface area contributed by atoms with Gasteiger partial charge in [-0.2, -0.15) is 0 Å². The Balaban J connectivity index is 3.41. The van der Waals surface area contributed by atoms with E-state index in [0.717, 1.165) is 26.1 Å². The largest absolute Gasteiger partial charge is 0.304 e. The number of hydrogen-bond donors (Lipinski definition) is 0. The van der Waals surface area contributed by atoms with Gasteiger partial charge in [-0.05, 0) is 44.1 Å². The quantitative estimate of drug-likeness (QED) is 0.568. The zero-order valence-corrected chi connectivity index (χ0v) is 9.44. The zero-order chi connectivity index (χ0) is 10.1. The normalized spacial score (nSPS) is 10.8. The van der Waals surface area contributed by atoms with Crippen LogP contribution in [0.15, 0.2) is 0 Å². The Morgan fingerprint density at radius 2 is 1.85 bits per heavy atom. The van der Waals surface area contributed by atoms with Crippen molar-refractivity contribution in [3.8, 4) is 0 Å². The lowest BCUT2D eigenvalue weighted by molar-refractivity contribution is -0.111. The van der Waals surface area contributed by atoms with Crippen LogP contribution in [-0.2, 0) is 4.79 Å². The van der Waals surface area contributed by atoms with Crippen LogP contribution in [-0.4, -0.2) is 29.8 Å². The molecule has 0 fully saturated rings. The molecule has 13 heavy (non-hydrogen) atoms. The molecule has 0 amide bonds. The van der Waals surface area contributed by atoms with Gasteiger partial charge in [0.15, 0.2) is 0 Å². The van der Waals surface area contributed by atoms with E-state index in [4.69, 9.17) is 11.6 Å². The molecule has 0 atom stereocenters. The van der Waals surface area contributed by atoms with Gasteiger partial charge in [-0.25, -0.2) is 0 Å². The van der Waals surface area contributed by atoms with Gasteiger partial charge in [-0.15, -0.1) is 0 Å². The van der Waals surface area contributed by atoms with Crippen LogP contribution >= 0.6 is 11.6 Å². The van der Waals surface area contributed by atoms with Crippen molar-refractivity contribution in [2.45, 2.75) is 39.5 Å². The second-order valence-corrected chi connectivity index (χ2v) is 3.67. The van der Waals surface area contributed by atoms with Crippen molar-refractivity contribution < 1.29 is 4.79 Å². The van der Waals surface area contributed by atoms with Crippen LogP contribution in [0.5, 0.6) is 0 Å². The van der Waals surface area contributed by atoms with Crippen LogP contribution in [0.1, 0.15) is 39.5 Å². The van der Waals surface area contributed by atoms with E-state index in [1.54, 1.807) is 0 Å². The van der Waals surface area contributed by atoms with E-state index in [-0.39, 0.29) is 5.24 Å². The summed E-state index contributed by atoms with van der Waals surface area (Å²) in [6.45, 7) is 7.54. The molecule has 0 aromatic carbocycles. The molecule has 0 aliphatic carbocycles. The van der Waals surface area contributed by atoms with E-state index in [1.807, 2.05) is 0 Å². The standard InChI is InChI=1S/C10H20ClNO/c1-3-5-8-12(4-2)9-6-7-10(11)13/h3-9H2,1-2H3. The predicted molar refractivity (Wildman–Crippen MR) is 57.1 cm³/mol. The molecule has 0 aromatic heterocycles. The Morgan fingerprint density at radius 3 is 2.31 bits per heavy atom. The molecule has 0 N–H and O–H groups in total. The number of hydrogen-bond acceptors (Lipinski definition) is 2. The highest BCUT2D eigenvalue weighted by atomic mass is 35.5. The summed E-state index contributed by atoms with van der Waals surface area (Å²) in [4.78, 5) is 12.8. The molecular weight excluding hydrogens is 186 g/mol. The predicted octanol–water partition coefficient (Wildman–Crippen LogP) is 2.65. The van der Waals surface area contributed by atoms with Gasteiger partial charge in [-0.3, -0.25) is 4.79 Å². The van der Waals surface area contributed by atoms with E-state index in [1.165, 1.54) is 12.8 Å². The fourth-order valence-electron chi connectivity index (χ4n) is 1.25. The summed E-state index contributed by atoms with van der Waals surface area (Å²) >= 11 is 5.25. The summed E-state index contributed by atoms with van der Waals surface area (Å²) in [6.07, 6.45) is 3.86. The zero-order valence-electron chi connectivity index (χ0n) is 8.68. The average Bonchev–Trinajstić information content (AvgIpc) is 2.10. The summed E-state index contributed by atoms with van der Waals surface area (Å²) < 4.78 is 0. The molecule has 3 heteroatoms. The van der Waals surface area contributed by atoms with Crippen LogP contribution < -0.4 is 0 Å². The first kappa shape index (κ1) is 12.9. The smallest absolute Gasteiger partial charge is 0.221 e. The molecule has 0 saturated carbocycles. The van der Waals surface area contributed by atoms with Crippen LogP contribution in [0.25, 0.3) is 0 Å². The number of rotatable bonds is 8. The highest BCUT2D eigenvalue weighted by Crippen LogP contribution is 2.00. The van der Waals surface area contributed by atoms with Crippen molar-refractivity contribution in [1.29, 1.82) is 0 Å². The van der Waals surface area contributed by atoms with Crippen molar-refractivity contribution >= 4 is 16.8 Å². The van der Waals surface area contributed by atoms with Gasteiger partial charge in [0.2, 0.25) is 5.24 Å². The molecular formula is C10H20ClNO. The second-order valence-electron chi connectivity index (χ2n) is 3.25. The minimum Gasteiger partial charge on any atom is -0.304 e. The van der Waals surface area contributed by atoms with Gasteiger partial charge in [0.1, 0.15) is 0 Å². The van der Waals surface area contributed by atoms with Crippen LogP contribution in [0.4, 0.5) is 0 Å². The number of nitrogens with zero attached hydrogens (tertiary/aromatic N) is 1. The van der Waals surface area contributed by atoms with Gasteiger partial charge < -0.3 is 4.90 Å². The highest BCUT2D eigenvalue weighted by molar-refractivity contribution is 6.63. The Labute approximate surface area is 86.2 Å². The first-order chi connectivity index (χ1) is 6.20. The highest BCUT2D eigenvalue weighted by Gasteiger charge is 2.02. The molecule has 0 heterocycles. The molecule has 0 aliphatic heterocycles. The van der Waals surface area contributed by atoms with Gasteiger partial charge >= 0.3 is 0 Å². The Kier molecular flexibility index (Phi) is 8.46.